The molecule has 112 valence electrons. The van der Waals surface area contributed by atoms with Crippen LogP contribution in [0.25, 0.3) is 0 Å². The van der Waals surface area contributed by atoms with Crippen molar-refractivity contribution in [2.24, 2.45) is 5.41 Å². The second kappa shape index (κ2) is 7.24. The fourth-order valence-electron chi connectivity index (χ4n) is 3.17. The Balaban J connectivity index is 2.10. The summed E-state index contributed by atoms with van der Waals surface area (Å²) >= 11 is 0. The summed E-state index contributed by atoms with van der Waals surface area (Å²) in [5.74, 6) is 0. The minimum atomic E-state index is 0.508. The fraction of sp³-hybridized carbons (Fsp3) is 0.667. The van der Waals surface area contributed by atoms with Gasteiger partial charge in [0.25, 0.3) is 0 Å². The summed E-state index contributed by atoms with van der Waals surface area (Å²) in [6, 6.07) is 11.5. The molecule has 0 spiro atoms. The third-order valence-corrected chi connectivity index (χ3v) is 4.59. The number of hydrogen-bond donors (Lipinski definition) is 1. The molecular formula is C18H30N2. The smallest absolute Gasteiger partial charge is 0.0472 e. The largest absolute Gasteiger partial charge is 0.315 e. The third kappa shape index (κ3) is 4.32. The Morgan fingerprint density at radius 2 is 1.90 bits per heavy atom. The number of benzene rings is 1. The van der Waals surface area contributed by atoms with Gasteiger partial charge in [-0.15, -0.1) is 0 Å². The summed E-state index contributed by atoms with van der Waals surface area (Å²) < 4.78 is 0. The standard InChI is InChI=1S/C18H30N2/c1-4-19-15-17(16-9-6-5-7-10-16)20-13-8-11-18(2,3)12-14-20/h5-7,9-10,17,19H,4,8,11-15H2,1-3H3. The minimum Gasteiger partial charge on any atom is -0.315 e. The third-order valence-electron chi connectivity index (χ3n) is 4.59. The van der Waals surface area contributed by atoms with Crippen molar-refractivity contribution in [2.75, 3.05) is 26.2 Å². The lowest BCUT2D eigenvalue weighted by molar-refractivity contribution is 0.192. The van der Waals surface area contributed by atoms with Crippen molar-refractivity contribution in [2.45, 2.75) is 46.1 Å². The fourth-order valence-corrected chi connectivity index (χ4v) is 3.17. The van der Waals surface area contributed by atoms with Crippen molar-refractivity contribution < 1.29 is 0 Å². The Morgan fingerprint density at radius 1 is 1.15 bits per heavy atom. The Kier molecular flexibility index (Phi) is 5.62. The number of nitrogens with one attached hydrogen (secondary N) is 1. The SMILES string of the molecule is CCNCC(c1ccccc1)N1CCCC(C)(C)CC1. The molecule has 0 bridgehead atoms. The topological polar surface area (TPSA) is 15.3 Å². The van der Waals surface area contributed by atoms with Crippen LogP contribution < -0.4 is 5.32 Å². The summed E-state index contributed by atoms with van der Waals surface area (Å²) in [7, 11) is 0. The molecule has 2 heteroatoms. The van der Waals surface area contributed by atoms with Crippen LogP contribution in [0.15, 0.2) is 30.3 Å². The van der Waals surface area contributed by atoms with E-state index < -0.39 is 0 Å². The first-order valence-corrected chi connectivity index (χ1v) is 8.12. The van der Waals surface area contributed by atoms with Crippen LogP contribution in [0, 0.1) is 5.41 Å². The maximum Gasteiger partial charge on any atom is 0.0472 e. The molecule has 1 aromatic rings. The van der Waals surface area contributed by atoms with Gasteiger partial charge in [0.2, 0.25) is 0 Å². The molecule has 0 amide bonds. The first kappa shape index (κ1) is 15.5. The van der Waals surface area contributed by atoms with Gasteiger partial charge in [-0.25, -0.2) is 0 Å². The van der Waals surface area contributed by atoms with Crippen molar-refractivity contribution in [1.29, 1.82) is 0 Å². The number of likely N-dealkylation sites (tertiary alicyclic amines) is 1. The average Bonchev–Trinajstić information content (AvgIpc) is 2.62. The van der Waals surface area contributed by atoms with Crippen LogP contribution in [0.3, 0.4) is 0 Å². The van der Waals surface area contributed by atoms with Gasteiger partial charge >= 0.3 is 0 Å². The molecule has 1 unspecified atom stereocenters. The zero-order chi connectivity index (χ0) is 14.4. The van der Waals surface area contributed by atoms with Crippen LogP contribution in [0.1, 0.15) is 51.6 Å². The van der Waals surface area contributed by atoms with Gasteiger partial charge < -0.3 is 5.32 Å². The predicted octanol–water partition coefficient (Wildman–Crippen LogP) is 3.85. The molecule has 1 aromatic carbocycles. The van der Waals surface area contributed by atoms with E-state index in [1.807, 2.05) is 0 Å². The van der Waals surface area contributed by atoms with Gasteiger partial charge in [-0.2, -0.15) is 0 Å². The van der Waals surface area contributed by atoms with Gasteiger partial charge in [0.15, 0.2) is 0 Å². The van der Waals surface area contributed by atoms with Crippen LogP contribution >= 0.6 is 0 Å². The second-order valence-corrected chi connectivity index (χ2v) is 6.79. The van der Waals surface area contributed by atoms with Crippen molar-refractivity contribution in [3.8, 4) is 0 Å². The van der Waals surface area contributed by atoms with Crippen LogP contribution in [0.4, 0.5) is 0 Å². The summed E-state index contributed by atoms with van der Waals surface area (Å²) in [6.07, 6.45) is 3.98. The summed E-state index contributed by atoms with van der Waals surface area (Å²) in [5.41, 5.74) is 1.96. The Hall–Kier alpha value is -0.860. The molecule has 1 heterocycles. The molecule has 0 aromatic heterocycles. The van der Waals surface area contributed by atoms with Crippen LogP contribution in [0.5, 0.6) is 0 Å². The van der Waals surface area contributed by atoms with Crippen LogP contribution in [-0.4, -0.2) is 31.1 Å². The van der Waals surface area contributed by atoms with Crippen LogP contribution in [0.2, 0.25) is 0 Å². The van der Waals surface area contributed by atoms with E-state index in [0.29, 0.717) is 11.5 Å². The van der Waals surface area contributed by atoms with Crippen molar-refractivity contribution >= 4 is 0 Å². The van der Waals surface area contributed by atoms with Gasteiger partial charge in [0.1, 0.15) is 0 Å². The van der Waals surface area contributed by atoms with Gasteiger partial charge in [-0.05, 0) is 49.9 Å². The maximum absolute atomic E-state index is 3.54. The van der Waals surface area contributed by atoms with Gasteiger partial charge in [0.05, 0.1) is 0 Å². The van der Waals surface area contributed by atoms with E-state index >= 15 is 0 Å². The van der Waals surface area contributed by atoms with Crippen LogP contribution in [-0.2, 0) is 0 Å². The molecule has 2 rings (SSSR count). The highest BCUT2D eigenvalue weighted by Crippen LogP contribution is 2.32. The van der Waals surface area contributed by atoms with E-state index in [0.717, 1.165) is 13.1 Å². The highest BCUT2D eigenvalue weighted by atomic mass is 15.2. The van der Waals surface area contributed by atoms with E-state index in [1.165, 1.54) is 37.9 Å². The number of likely N-dealkylation sites (N-methyl/N-ethyl adjacent to an activating group) is 1. The monoisotopic (exact) mass is 274 g/mol. The Labute approximate surface area is 124 Å². The number of rotatable bonds is 5. The van der Waals surface area contributed by atoms with E-state index in [1.54, 1.807) is 0 Å². The van der Waals surface area contributed by atoms with Crippen molar-refractivity contribution in [3.05, 3.63) is 35.9 Å². The van der Waals surface area contributed by atoms with Gasteiger partial charge in [-0.3, -0.25) is 4.90 Å². The molecule has 20 heavy (non-hydrogen) atoms. The molecule has 0 radical (unpaired) electrons. The zero-order valence-corrected chi connectivity index (χ0v) is 13.4. The predicted molar refractivity (Wildman–Crippen MR) is 86.9 cm³/mol. The molecule has 1 saturated heterocycles. The molecule has 1 fully saturated rings. The summed E-state index contributed by atoms with van der Waals surface area (Å²) in [6.45, 7) is 11.6. The number of hydrogen-bond acceptors (Lipinski definition) is 2. The number of nitrogens with zero attached hydrogens (tertiary/aromatic N) is 1. The van der Waals surface area contributed by atoms with E-state index in [9.17, 15) is 0 Å². The van der Waals surface area contributed by atoms with E-state index in [-0.39, 0.29) is 0 Å². The molecule has 1 N–H and O–H groups in total. The quantitative estimate of drug-likeness (QED) is 0.877. The minimum absolute atomic E-state index is 0.508. The molecule has 1 aliphatic heterocycles. The highest BCUT2D eigenvalue weighted by Gasteiger charge is 2.27. The Morgan fingerprint density at radius 3 is 2.60 bits per heavy atom. The molecule has 1 atom stereocenters. The highest BCUT2D eigenvalue weighted by molar-refractivity contribution is 5.19. The first-order chi connectivity index (χ1) is 9.62. The lowest BCUT2D eigenvalue weighted by Crippen LogP contribution is -2.36. The average molecular weight is 274 g/mol. The first-order valence-electron chi connectivity index (χ1n) is 8.12. The van der Waals surface area contributed by atoms with E-state index in [2.05, 4.69) is 61.3 Å². The lowest BCUT2D eigenvalue weighted by atomic mass is 9.85. The molecule has 2 nitrogen and oxygen atoms in total. The second-order valence-electron chi connectivity index (χ2n) is 6.79. The van der Waals surface area contributed by atoms with Crippen molar-refractivity contribution in [1.82, 2.24) is 10.2 Å². The van der Waals surface area contributed by atoms with E-state index in [4.69, 9.17) is 0 Å². The molecule has 0 aliphatic carbocycles. The summed E-state index contributed by atoms with van der Waals surface area (Å²) in [4.78, 5) is 2.69. The van der Waals surface area contributed by atoms with Gasteiger partial charge in [0, 0.05) is 12.6 Å². The lowest BCUT2D eigenvalue weighted by Gasteiger charge is -2.32. The maximum atomic E-state index is 3.54. The van der Waals surface area contributed by atoms with Gasteiger partial charge in [-0.1, -0.05) is 51.1 Å². The zero-order valence-electron chi connectivity index (χ0n) is 13.4. The normalized spacial score (nSPS) is 21.4. The van der Waals surface area contributed by atoms with Crippen molar-refractivity contribution in [3.63, 3.8) is 0 Å². The summed E-state index contributed by atoms with van der Waals surface area (Å²) in [5, 5.41) is 3.54. The Bertz CT molecular complexity index is 386. The molecule has 0 saturated carbocycles. The molecule has 1 aliphatic rings. The molecular weight excluding hydrogens is 244 g/mol.